The number of carbonyl (C=O) groups is 2. The number of likely N-dealkylation sites (tertiary alicyclic amines) is 1. The van der Waals surface area contributed by atoms with E-state index in [9.17, 15) is 14.0 Å². The zero-order valence-electron chi connectivity index (χ0n) is 16.0. The lowest BCUT2D eigenvalue weighted by Gasteiger charge is -2.35. The summed E-state index contributed by atoms with van der Waals surface area (Å²) < 4.78 is 13.0. The molecule has 2 atom stereocenters. The zero-order valence-corrected chi connectivity index (χ0v) is 16.0. The van der Waals surface area contributed by atoms with E-state index in [1.807, 2.05) is 37.3 Å². The number of benzene rings is 2. The summed E-state index contributed by atoms with van der Waals surface area (Å²) in [4.78, 5) is 27.2. The summed E-state index contributed by atoms with van der Waals surface area (Å²) in [6.45, 7) is 3.57. The van der Waals surface area contributed by atoms with Gasteiger partial charge in [0.2, 0.25) is 11.8 Å². The highest BCUT2D eigenvalue weighted by Crippen LogP contribution is 2.20. The molecule has 148 valence electrons. The summed E-state index contributed by atoms with van der Waals surface area (Å²) in [6, 6.07) is 15.2. The van der Waals surface area contributed by atoms with Crippen molar-refractivity contribution < 1.29 is 14.0 Å². The van der Waals surface area contributed by atoms with E-state index < -0.39 is 0 Å². The summed E-state index contributed by atoms with van der Waals surface area (Å²) in [5, 5.41) is 5.85. The lowest BCUT2D eigenvalue weighted by molar-refractivity contribution is -0.129. The van der Waals surface area contributed by atoms with Crippen molar-refractivity contribution in [1.82, 2.24) is 10.2 Å². The van der Waals surface area contributed by atoms with Gasteiger partial charge in [0, 0.05) is 18.8 Å². The summed E-state index contributed by atoms with van der Waals surface area (Å²) in [6.07, 6.45) is 1.70. The molecular formula is C22H26FN3O2. The number of rotatable bonds is 6. The lowest BCUT2D eigenvalue weighted by Crippen LogP contribution is -2.50. The van der Waals surface area contributed by atoms with Crippen LogP contribution in [0.3, 0.4) is 0 Å². The van der Waals surface area contributed by atoms with Gasteiger partial charge in [-0.2, -0.15) is 0 Å². The Morgan fingerprint density at radius 3 is 2.57 bits per heavy atom. The maximum atomic E-state index is 13.0. The summed E-state index contributed by atoms with van der Waals surface area (Å²) in [7, 11) is 0. The lowest BCUT2D eigenvalue weighted by atomic mass is 9.95. The Morgan fingerprint density at radius 1 is 1.14 bits per heavy atom. The van der Waals surface area contributed by atoms with Gasteiger partial charge in [-0.1, -0.05) is 30.3 Å². The number of nitrogens with one attached hydrogen (secondary N) is 2. The monoisotopic (exact) mass is 383 g/mol. The van der Waals surface area contributed by atoms with E-state index in [0.29, 0.717) is 13.1 Å². The molecule has 2 aromatic rings. The molecule has 0 aliphatic carbocycles. The van der Waals surface area contributed by atoms with Crippen molar-refractivity contribution in [3.8, 4) is 0 Å². The highest BCUT2D eigenvalue weighted by Gasteiger charge is 2.30. The number of hydrogen-bond donors (Lipinski definition) is 2. The number of anilines is 1. The van der Waals surface area contributed by atoms with E-state index in [-0.39, 0.29) is 29.6 Å². The molecule has 2 amide bonds. The second-order valence-corrected chi connectivity index (χ2v) is 7.21. The fourth-order valence-electron chi connectivity index (χ4n) is 3.44. The fraction of sp³-hybridized carbons (Fsp3) is 0.364. The van der Waals surface area contributed by atoms with Crippen LogP contribution in [0.1, 0.15) is 25.3 Å². The van der Waals surface area contributed by atoms with E-state index in [2.05, 4.69) is 15.5 Å². The third kappa shape index (κ3) is 5.39. The normalized spacial score (nSPS) is 18.3. The van der Waals surface area contributed by atoms with E-state index in [1.54, 1.807) is 12.1 Å². The van der Waals surface area contributed by atoms with E-state index in [1.165, 1.54) is 12.1 Å². The number of nitrogens with zero attached hydrogens (tertiary/aromatic N) is 1. The quantitative estimate of drug-likeness (QED) is 0.805. The van der Waals surface area contributed by atoms with Gasteiger partial charge in [0.05, 0.1) is 12.0 Å². The third-order valence-corrected chi connectivity index (χ3v) is 5.17. The van der Waals surface area contributed by atoms with Crippen LogP contribution < -0.4 is 10.6 Å². The molecule has 1 heterocycles. The van der Waals surface area contributed by atoms with Crippen molar-refractivity contribution in [1.29, 1.82) is 0 Å². The molecule has 28 heavy (non-hydrogen) atoms. The Balaban J connectivity index is 1.51. The Morgan fingerprint density at radius 2 is 1.86 bits per heavy atom. The number of amides is 2. The number of carbonyl (C=O) groups excluding carboxylic acids is 2. The SMILES string of the molecule is C[C@@H](C(=O)NCc1ccc(F)cc1)N1CCC[C@@H](C(=O)Nc2ccccc2)C1. The van der Waals surface area contributed by atoms with Crippen LogP contribution in [0, 0.1) is 11.7 Å². The van der Waals surface area contributed by atoms with Crippen molar-refractivity contribution in [3.05, 3.63) is 66.0 Å². The van der Waals surface area contributed by atoms with Crippen LogP contribution in [0.2, 0.25) is 0 Å². The number of piperidine rings is 1. The van der Waals surface area contributed by atoms with Gasteiger partial charge in [0.1, 0.15) is 5.82 Å². The predicted molar refractivity (Wildman–Crippen MR) is 107 cm³/mol. The molecular weight excluding hydrogens is 357 g/mol. The molecule has 0 saturated carbocycles. The van der Waals surface area contributed by atoms with Gasteiger partial charge in [-0.3, -0.25) is 14.5 Å². The first-order chi connectivity index (χ1) is 13.5. The second-order valence-electron chi connectivity index (χ2n) is 7.21. The minimum atomic E-state index is -0.326. The molecule has 2 N–H and O–H groups in total. The first kappa shape index (κ1) is 20.0. The first-order valence-electron chi connectivity index (χ1n) is 9.65. The van der Waals surface area contributed by atoms with Crippen LogP contribution in [-0.2, 0) is 16.1 Å². The maximum Gasteiger partial charge on any atom is 0.237 e. The molecule has 3 rings (SSSR count). The van der Waals surface area contributed by atoms with Gasteiger partial charge in [-0.05, 0) is 56.1 Å². The highest BCUT2D eigenvalue weighted by atomic mass is 19.1. The van der Waals surface area contributed by atoms with Crippen LogP contribution in [-0.4, -0.2) is 35.8 Å². The molecule has 1 fully saturated rings. The van der Waals surface area contributed by atoms with Crippen molar-refractivity contribution in [2.75, 3.05) is 18.4 Å². The topological polar surface area (TPSA) is 61.4 Å². The Hall–Kier alpha value is -2.73. The number of hydrogen-bond acceptors (Lipinski definition) is 3. The molecule has 0 aromatic heterocycles. The van der Waals surface area contributed by atoms with Crippen LogP contribution in [0.25, 0.3) is 0 Å². The molecule has 1 aliphatic rings. The van der Waals surface area contributed by atoms with Crippen molar-refractivity contribution >= 4 is 17.5 Å². The van der Waals surface area contributed by atoms with E-state index in [0.717, 1.165) is 30.6 Å². The molecule has 0 bridgehead atoms. The Kier molecular flexibility index (Phi) is 6.76. The smallest absolute Gasteiger partial charge is 0.237 e. The van der Waals surface area contributed by atoms with Crippen LogP contribution >= 0.6 is 0 Å². The standard InChI is InChI=1S/C22H26FN3O2/c1-16(21(27)24-14-17-9-11-19(23)12-10-17)26-13-5-6-18(15-26)22(28)25-20-7-3-2-4-8-20/h2-4,7-12,16,18H,5-6,13-15H2,1H3,(H,24,27)(H,25,28)/t16-,18+/m0/s1. The third-order valence-electron chi connectivity index (χ3n) is 5.17. The molecule has 1 aliphatic heterocycles. The molecule has 5 nitrogen and oxygen atoms in total. The summed E-state index contributed by atoms with van der Waals surface area (Å²) in [5.74, 6) is -0.527. The van der Waals surface area contributed by atoms with Gasteiger partial charge in [0.15, 0.2) is 0 Å². The minimum Gasteiger partial charge on any atom is -0.351 e. The summed E-state index contributed by atoms with van der Waals surface area (Å²) in [5.41, 5.74) is 1.63. The summed E-state index contributed by atoms with van der Waals surface area (Å²) >= 11 is 0. The molecule has 6 heteroatoms. The number of halogens is 1. The molecule has 2 aromatic carbocycles. The van der Waals surface area contributed by atoms with Crippen molar-refractivity contribution in [2.45, 2.75) is 32.4 Å². The Labute approximate surface area is 164 Å². The molecule has 0 unspecified atom stereocenters. The minimum absolute atomic E-state index is 0.00480. The largest absolute Gasteiger partial charge is 0.351 e. The van der Waals surface area contributed by atoms with Gasteiger partial charge in [-0.25, -0.2) is 4.39 Å². The maximum absolute atomic E-state index is 13.0. The molecule has 0 spiro atoms. The molecule has 1 saturated heterocycles. The van der Waals surface area contributed by atoms with E-state index in [4.69, 9.17) is 0 Å². The second kappa shape index (κ2) is 9.46. The highest BCUT2D eigenvalue weighted by molar-refractivity contribution is 5.92. The first-order valence-corrected chi connectivity index (χ1v) is 9.65. The van der Waals surface area contributed by atoms with E-state index >= 15 is 0 Å². The van der Waals surface area contributed by atoms with Gasteiger partial charge in [0.25, 0.3) is 0 Å². The zero-order chi connectivity index (χ0) is 19.9. The van der Waals surface area contributed by atoms with Crippen molar-refractivity contribution in [3.63, 3.8) is 0 Å². The van der Waals surface area contributed by atoms with Crippen LogP contribution in [0.4, 0.5) is 10.1 Å². The van der Waals surface area contributed by atoms with Crippen molar-refractivity contribution in [2.24, 2.45) is 5.92 Å². The van der Waals surface area contributed by atoms with Crippen LogP contribution in [0.15, 0.2) is 54.6 Å². The fourth-order valence-corrected chi connectivity index (χ4v) is 3.44. The predicted octanol–water partition coefficient (Wildman–Crippen LogP) is 3.18. The average molecular weight is 383 g/mol. The van der Waals surface area contributed by atoms with Crippen LogP contribution in [0.5, 0.6) is 0 Å². The Bertz CT molecular complexity index is 795. The average Bonchev–Trinajstić information content (AvgIpc) is 2.73. The van der Waals surface area contributed by atoms with Gasteiger partial charge in [-0.15, -0.1) is 0 Å². The van der Waals surface area contributed by atoms with Gasteiger partial charge >= 0.3 is 0 Å². The van der Waals surface area contributed by atoms with Gasteiger partial charge < -0.3 is 10.6 Å². The number of para-hydroxylation sites is 1. The molecule has 0 radical (unpaired) electrons.